The van der Waals surface area contributed by atoms with Crippen LogP contribution in [0.2, 0.25) is 0 Å². The van der Waals surface area contributed by atoms with Crippen LogP contribution in [-0.4, -0.2) is 21.3 Å². The number of hydrogen-bond donors (Lipinski definition) is 1. The van der Waals surface area contributed by atoms with E-state index in [1.54, 1.807) is 6.33 Å². The van der Waals surface area contributed by atoms with E-state index in [1.807, 2.05) is 11.6 Å². The van der Waals surface area contributed by atoms with Crippen LogP contribution in [0.5, 0.6) is 0 Å². The van der Waals surface area contributed by atoms with Crippen LogP contribution >= 0.6 is 0 Å². The highest BCUT2D eigenvalue weighted by atomic mass is 15.3. The minimum atomic E-state index is 0.412. The predicted octanol–water partition coefficient (Wildman–Crippen LogP) is 1.02. The predicted molar refractivity (Wildman–Crippen MR) is 50.2 cm³/mol. The maximum Gasteiger partial charge on any atom is 0.149 e. The molecule has 0 amide bonds. The van der Waals surface area contributed by atoms with E-state index in [0.29, 0.717) is 6.04 Å². The van der Waals surface area contributed by atoms with Crippen molar-refractivity contribution in [1.29, 1.82) is 0 Å². The topological polar surface area (TPSA) is 42.7 Å². The molecule has 1 aromatic heterocycles. The lowest BCUT2D eigenvalue weighted by atomic mass is 10.1. The number of nitrogens with one attached hydrogen (secondary N) is 1. The van der Waals surface area contributed by atoms with Gasteiger partial charge >= 0.3 is 0 Å². The van der Waals surface area contributed by atoms with Crippen LogP contribution in [0.4, 0.5) is 0 Å². The summed E-state index contributed by atoms with van der Waals surface area (Å²) in [6.07, 6.45) is 6.87. The van der Waals surface area contributed by atoms with Gasteiger partial charge in [0.1, 0.15) is 12.2 Å². The monoisotopic (exact) mass is 180 g/mol. The molecule has 0 aliphatic carbocycles. The molecule has 0 spiro atoms. The molecular formula is C9H16N4. The van der Waals surface area contributed by atoms with Crippen molar-refractivity contribution in [2.75, 3.05) is 6.54 Å². The fourth-order valence-corrected chi connectivity index (χ4v) is 1.86. The number of rotatable bonds is 1. The zero-order chi connectivity index (χ0) is 9.10. The molecule has 1 fully saturated rings. The molecule has 2 heterocycles. The summed E-state index contributed by atoms with van der Waals surface area (Å²) in [4.78, 5) is 0. The lowest BCUT2D eigenvalue weighted by Crippen LogP contribution is -2.23. The average molecular weight is 180 g/mol. The van der Waals surface area contributed by atoms with E-state index < -0.39 is 0 Å². The standard InChI is InChI=1S/C9H16N4/c1-13-7-11-12-9(13)8-5-3-2-4-6-10-8/h7-8,10H,2-6H2,1H3. The summed E-state index contributed by atoms with van der Waals surface area (Å²) in [5, 5.41) is 11.5. The maximum absolute atomic E-state index is 4.13. The van der Waals surface area contributed by atoms with Gasteiger partial charge in [-0.3, -0.25) is 0 Å². The van der Waals surface area contributed by atoms with Gasteiger partial charge in [-0.15, -0.1) is 10.2 Å². The zero-order valence-electron chi connectivity index (χ0n) is 8.03. The van der Waals surface area contributed by atoms with Gasteiger partial charge in [0.05, 0.1) is 6.04 Å². The van der Waals surface area contributed by atoms with Crippen LogP contribution in [0, 0.1) is 0 Å². The first-order valence-electron chi connectivity index (χ1n) is 4.95. The van der Waals surface area contributed by atoms with Crippen LogP contribution in [0.3, 0.4) is 0 Å². The van der Waals surface area contributed by atoms with Crippen molar-refractivity contribution < 1.29 is 0 Å². The van der Waals surface area contributed by atoms with Gasteiger partial charge in [-0.1, -0.05) is 12.8 Å². The third-order valence-electron chi connectivity index (χ3n) is 2.62. The fourth-order valence-electron chi connectivity index (χ4n) is 1.86. The molecule has 1 aliphatic rings. The van der Waals surface area contributed by atoms with E-state index in [9.17, 15) is 0 Å². The Labute approximate surface area is 78.4 Å². The summed E-state index contributed by atoms with van der Waals surface area (Å²) >= 11 is 0. The van der Waals surface area contributed by atoms with Crippen LogP contribution in [0.1, 0.15) is 37.5 Å². The second-order valence-corrected chi connectivity index (χ2v) is 3.66. The van der Waals surface area contributed by atoms with Crippen molar-refractivity contribution >= 4 is 0 Å². The van der Waals surface area contributed by atoms with E-state index in [4.69, 9.17) is 0 Å². The molecule has 4 nitrogen and oxygen atoms in total. The lowest BCUT2D eigenvalue weighted by molar-refractivity contribution is 0.492. The van der Waals surface area contributed by atoms with Crippen LogP contribution < -0.4 is 5.32 Å². The molecule has 1 aliphatic heterocycles. The minimum absolute atomic E-state index is 0.412. The summed E-state index contributed by atoms with van der Waals surface area (Å²) in [6, 6.07) is 0.412. The Hall–Kier alpha value is -0.900. The summed E-state index contributed by atoms with van der Waals surface area (Å²) in [5.41, 5.74) is 0. The highest BCUT2D eigenvalue weighted by Gasteiger charge is 2.17. The molecule has 72 valence electrons. The lowest BCUT2D eigenvalue weighted by Gasteiger charge is -2.13. The summed E-state index contributed by atoms with van der Waals surface area (Å²) in [5.74, 6) is 1.07. The van der Waals surface area contributed by atoms with Gasteiger partial charge in [0.2, 0.25) is 0 Å². The van der Waals surface area contributed by atoms with Crippen LogP contribution in [0.15, 0.2) is 6.33 Å². The second kappa shape index (κ2) is 3.87. The molecule has 1 saturated heterocycles. The van der Waals surface area contributed by atoms with Crippen molar-refractivity contribution in [2.24, 2.45) is 7.05 Å². The molecule has 0 bridgehead atoms. The third-order valence-corrected chi connectivity index (χ3v) is 2.62. The SMILES string of the molecule is Cn1cnnc1C1CCCCCN1. The van der Waals surface area contributed by atoms with Gasteiger partial charge in [0.25, 0.3) is 0 Å². The second-order valence-electron chi connectivity index (χ2n) is 3.66. The van der Waals surface area contributed by atoms with Crippen LogP contribution in [-0.2, 0) is 7.05 Å². The van der Waals surface area contributed by atoms with Crippen molar-refractivity contribution in [1.82, 2.24) is 20.1 Å². The Kier molecular flexibility index (Phi) is 2.59. The number of nitrogens with zero attached hydrogens (tertiary/aromatic N) is 3. The molecule has 13 heavy (non-hydrogen) atoms. The van der Waals surface area contributed by atoms with Gasteiger partial charge in [-0.25, -0.2) is 0 Å². The Morgan fingerprint density at radius 2 is 2.38 bits per heavy atom. The number of aryl methyl sites for hydroxylation is 1. The molecule has 0 radical (unpaired) electrons. The largest absolute Gasteiger partial charge is 0.319 e. The Morgan fingerprint density at radius 1 is 1.46 bits per heavy atom. The van der Waals surface area contributed by atoms with Gasteiger partial charge in [-0.05, 0) is 19.4 Å². The average Bonchev–Trinajstić information content (AvgIpc) is 2.43. The molecular weight excluding hydrogens is 164 g/mol. The van der Waals surface area contributed by atoms with Gasteiger partial charge in [-0.2, -0.15) is 0 Å². The highest BCUT2D eigenvalue weighted by Crippen LogP contribution is 2.19. The summed E-state index contributed by atoms with van der Waals surface area (Å²) in [6.45, 7) is 1.11. The Morgan fingerprint density at radius 3 is 3.15 bits per heavy atom. The first kappa shape index (κ1) is 8.69. The van der Waals surface area contributed by atoms with Gasteiger partial charge < -0.3 is 9.88 Å². The quantitative estimate of drug-likeness (QED) is 0.701. The van der Waals surface area contributed by atoms with Crippen molar-refractivity contribution in [2.45, 2.75) is 31.7 Å². The Balaban J connectivity index is 2.10. The fraction of sp³-hybridized carbons (Fsp3) is 0.778. The smallest absolute Gasteiger partial charge is 0.149 e. The van der Waals surface area contributed by atoms with Gasteiger partial charge in [0.15, 0.2) is 0 Å². The molecule has 1 unspecified atom stereocenters. The van der Waals surface area contributed by atoms with E-state index >= 15 is 0 Å². The maximum atomic E-state index is 4.13. The van der Waals surface area contributed by atoms with E-state index in [0.717, 1.165) is 12.4 Å². The molecule has 0 aromatic carbocycles. The van der Waals surface area contributed by atoms with Crippen molar-refractivity contribution in [3.05, 3.63) is 12.2 Å². The highest BCUT2D eigenvalue weighted by molar-refractivity contribution is 4.94. The molecule has 2 rings (SSSR count). The third kappa shape index (κ3) is 1.88. The summed E-state index contributed by atoms with van der Waals surface area (Å²) in [7, 11) is 2.00. The number of aromatic nitrogens is 3. The summed E-state index contributed by atoms with van der Waals surface area (Å²) < 4.78 is 2.00. The first-order valence-corrected chi connectivity index (χ1v) is 4.95. The van der Waals surface area contributed by atoms with E-state index in [1.165, 1.54) is 25.7 Å². The van der Waals surface area contributed by atoms with Crippen molar-refractivity contribution in [3.8, 4) is 0 Å². The molecule has 0 saturated carbocycles. The molecule has 1 N–H and O–H groups in total. The van der Waals surface area contributed by atoms with Crippen molar-refractivity contribution in [3.63, 3.8) is 0 Å². The minimum Gasteiger partial charge on any atom is -0.319 e. The molecule has 1 aromatic rings. The first-order chi connectivity index (χ1) is 6.38. The normalized spacial score (nSPS) is 24.2. The molecule has 1 atom stereocenters. The van der Waals surface area contributed by atoms with Gasteiger partial charge in [0, 0.05) is 7.05 Å². The van der Waals surface area contributed by atoms with Crippen LogP contribution in [0.25, 0.3) is 0 Å². The molecule has 4 heteroatoms. The van der Waals surface area contributed by atoms with E-state index in [2.05, 4.69) is 15.5 Å². The number of hydrogen-bond acceptors (Lipinski definition) is 3. The zero-order valence-corrected chi connectivity index (χ0v) is 8.03. The van der Waals surface area contributed by atoms with E-state index in [-0.39, 0.29) is 0 Å². The Bertz CT molecular complexity index is 260.